The SMILES string of the molecule is Cc1ccc(CNC(=O)c2cc(Nc3ccc(C#N)cc3)ccn2)cc1. The van der Waals surface area contributed by atoms with Crippen molar-refractivity contribution in [3.8, 4) is 6.07 Å². The Morgan fingerprint density at radius 2 is 1.77 bits per heavy atom. The summed E-state index contributed by atoms with van der Waals surface area (Å²) in [6.07, 6.45) is 1.59. The Hall–Kier alpha value is -3.65. The van der Waals surface area contributed by atoms with Crippen molar-refractivity contribution in [1.29, 1.82) is 5.26 Å². The Morgan fingerprint density at radius 1 is 1.04 bits per heavy atom. The van der Waals surface area contributed by atoms with E-state index in [1.807, 2.05) is 43.3 Å². The second-order valence-corrected chi connectivity index (χ2v) is 5.91. The lowest BCUT2D eigenvalue weighted by molar-refractivity contribution is 0.0946. The highest BCUT2D eigenvalue weighted by Gasteiger charge is 2.08. The molecule has 5 heteroatoms. The van der Waals surface area contributed by atoms with Crippen LogP contribution in [-0.4, -0.2) is 10.9 Å². The van der Waals surface area contributed by atoms with Gasteiger partial charge in [-0.05, 0) is 48.9 Å². The van der Waals surface area contributed by atoms with Crippen LogP contribution in [0.2, 0.25) is 0 Å². The van der Waals surface area contributed by atoms with E-state index in [2.05, 4.69) is 21.7 Å². The number of anilines is 2. The number of pyridine rings is 1. The number of nitrogens with zero attached hydrogens (tertiary/aromatic N) is 2. The monoisotopic (exact) mass is 342 g/mol. The zero-order valence-corrected chi connectivity index (χ0v) is 14.4. The summed E-state index contributed by atoms with van der Waals surface area (Å²) in [5.41, 5.74) is 4.75. The van der Waals surface area contributed by atoms with Gasteiger partial charge in [0.1, 0.15) is 5.69 Å². The van der Waals surface area contributed by atoms with Crippen LogP contribution in [0.15, 0.2) is 66.9 Å². The van der Waals surface area contributed by atoms with Crippen molar-refractivity contribution in [2.45, 2.75) is 13.5 Å². The summed E-state index contributed by atoms with van der Waals surface area (Å²) in [5.74, 6) is -0.228. The zero-order chi connectivity index (χ0) is 18.4. The highest BCUT2D eigenvalue weighted by molar-refractivity contribution is 5.93. The van der Waals surface area contributed by atoms with E-state index in [1.165, 1.54) is 5.56 Å². The number of aromatic nitrogens is 1. The molecule has 1 aromatic heterocycles. The Morgan fingerprint density at radius 3 is 2.46 bits per heavy atom. The molecule has 0 spiro atoms. The van der Waals surface area contributed by atoms with E-state index >= 15 is 0 Å². The van der Waals surface area contributed by atoms with Crippen LogP contribution in [0.4, 0.5) is 11.4 Å². The maximum absolute atomic E-state index is 12.3. The summed E-state index contributed by atoms with van der Waals surface area (Å²) in [5, 5.41) is 14.9. The second kappa shape index (κ2) is 7.95. The van der Waals surface area contributed by atoms with E-state index in [0.29, 0.717) is 17.8 Å². The van der Waals surface area contributed by atoms with Crippen molar-refractivity contribution in [3.63, 3.8) is 0 Å². The first-order chi connectivity index (χ1) is 12.6. The fourth-order valence-electron chi connectivity index (χ4n) is 2.41. The molecule has 3 rings (SSSR count). The number of carbonyl (C=O) groups excluding carboxylic acids is 1. The van der Waals surface area contributed by atoms with Crippen LogP contribution in [0.3, 0.4) is 0 Å². The average molecular weight is 342 g/mol. The van der Waals surface area contributed by atoms with Gasteiger partial charge >= 0.3 is 0 Å². The van der Waals surface area contributed by atoms with E-state index < -0.39 is 0 Å². The summed E-state index contributed by atoms with van der Waals surface area (Å²) in [6, 6.07) is 20.7. The Kier molecular flexibility index (Phi) is 5.25. The van der Waals surface area contributed by atoms with E-state index in [4.69, 9.17) is 5.26 Å². The summed E-state index contributed by atoms with van der Waals surface area (Å²) in [6.45, 7) is 2.48. The maximum atomic E-state index is 12.3. The fraction of sp³-hybridized carbons (Fsp3) is 0.0952. The molecule has 0 atom stereocenters. The molecule has 0 saturated carbocycles. The third kappa shape index (κ3) is 4.46. The number of amides is 1. The largest absolute Gasteiger partial charge is 0.355 e. The number of hydrogen-bond acceptors (Lipinski definition) is 4. The molecular weight excluding hydrogens is 324 g/mol. The third-order valence-electron chi connectivity index (χ3n) is 3.87. The van der Waals surface area contributed by atoms with E-state index in [-0.39, 0.29) is 5.91 Å². The van der Waals surface area contributed by atoms with Gasteiger partial charge in [0.2, 0.25) is 0 Å². The van der Waals surface area contributed by atoms with Gasteiger partial charge < -0.3 is 10.6 Å². The van der Waals surface area contributed by atoms with E-state index in [9.17, 15) is 4.79 Å². The normalized spacial score (nSPS) is 10.0. The van der Waals surface area contributed by atoms with Gasteiger partial charge in [-0.3, -0.25) is 9.78 Å². The maximum Gasteiger partial charge on any atom is 0.270 e. The highest BCUT2D eigenvalue weighted by Crippen LogP contribution is 2.17. The minimum Gasteiger partial charge on any atom is -0.355 e. The summed E-state index contributed by atoms with van der Waals surface area (Å²) < 4.78 is 0. The molecule has 0 bridgehead atoms. The van der Waals surface area contributed by atoms with Crippen LogP contribution in [0.5, 0.6) is 0 Å². The summed E-state index contributed by atoms with van der Waals surface area (Å²) in [4.78, 5) is 16.5. The lowest BCUT2D eigenvalue weighted by Gasteiger charge is -2.09. The van der Waals surface area contributed by atoms with Gasteiger partial charge in [-0.15, -0.1) is 0 Å². The standard InChI is InChI=1S/C21H18N4O/c1-15-2-4-17(5-3-15)14-24-21(26)20-12-19(10-11-23-20)25-18-8-6-16(13-22)7-9-18/h2-12H,14H2,1H3,(H,23,25)(H,24,26). The third-order valence-corrected chi connectivity index (χ3v) is 3.87. The smallest absolute Gasteiger partial charge is 0.270 e. The fourth-order valence-corrected chi connectivity index (χ4v) is 2.41. The van der Waals surface area contributed by atoms with E-state index in [1.54, 1.807) is 30.5 Å². The first kappa shape index (κ1) is 17.2. The van der Waals surface area contributed by atoms with Crippen LogP contribution in [0.25, 0.3) is 0 Å². The molecule has 26 heavy (non-hydrogen) atoms. The molecule has 5 nitrogen and oxygen atoms in total. The minimum absolute atomic E-state index is 0.228. The molecule has 128 valence electrons. The molecule has 2 N–H and O–H groups in total. The molecule has 0 unspecified atom stereocenters. The first-order valence-electron chi connectivity index (χ1n) is 8.21. The van der Waals surface area contributed by atoms with Crippen molar-refractivity contribution in [2.75, 3.05) is 5.32 Å². The number of hydrogen-bond donors (Lipinski definition) is 2. The van der Waals surface area contributed by atoms with E-state index in [0.717, 1.165) is 16.9 Å². The van der Waals surface area contributed by atoms with Crippen molar-refractivity contribution in [1.82, 2.24) is 10.3 Å². The predicted molar refractivity (Wildman–Crippen MR) is 101 cm³/mol. The van der Waals surface area contributed by atoms with Gasteiger partial charge in [-0.25, -0.2) is 0 Å². The number of aryl methyl sites for hydroxylation is 1. The Labute approximate surface area is 152 Å². The van der Waals surface area contributed by atoms with Gasteiger partial charge in [0, 0.05) is 24.1 Å². The molecule has 0 aliphatic rings. The van der Waals surface area contributed by atoms with Crippen LogP contribution in [0, 0.1) is 18.3 Å². The topological polar surface area (TPSA) is 77.8 Å². The number of carbonyl (C=O) groups is 1. The first-order valence-corrected chi connectivity index (χ1v) is 8.21. The quantitative estimate of drug-likeness (QED) is 0.736. The van der Waals surface area contributed by atoms with Crippen molar-refractivity contribution >= 4 is 17.3 Å². The Balaban J connectivity index is 1.64. The molecule has 2 aromatic carbocycles. The molecule has 0 fully saturated rings. The van der Waals surface area contributed by atoms with Gasteiger partial charge in [-0.2, -0.15) is 5.26 Å². The highest BCUT2D eigenvalue weighted by atomic mass is 16.1. The van der Waals surface area contributed by atoms with Gasteiger partial charge in [-0.1, -0.05) is 29.8 Å². The zero-order valence-electron chi connectivity index (χ0n) is 14.4. The lowest BCUT2D eigenvalue weighted by Crippen LogP contribution is -2.23. The molecule has 1 heterocycles. The second-order valence-electron chi connectivity index (χ2n) is 5.91. The van der Waals surface area contributed by atoms with Gasteiger partial charge in [0.15, 0.2) is 0 Å². The Bertz CT molecular complexity index is 941. The minimum atomic E-state index is -0.228. The summed E-state index contributed by atoms with van der Waals surface area (Å²) in [7, 11) is 0. The number of rotatable bonds is 5. The van der Waals surface area contributed by atoms with Gasteiger partial charge in [0.25, 0.3) is 5.91 Å². The predicted octanol–water partition coefficient (Wildman–Crippen LogP) is 3.94. The van der Waals surface area contributed by atoms with Crippen LogP contribution in [-0.2, 0) is 6.54 Å². The van der Waals surface area contributed by atoms with Gasteiger partial charge in [0.05, 0.1) is 11.6 Å². The molecule has 0 saturated heterocycles. The molecule has 0 aliphatic heterocycles. The summed E-state index contributed by atoms with van der Waals surface area (Å²) >= 11 is 0. The van der Waals surface area contributed by atoms with Crippen LogP contribution < -0.4 is 10.6 Å². The van der Waals surface area contributed by atoms with Crippen molar-refractivity contribution < 1.29 is 4.79 Å². The average Bonchev–Trinajstić information content (AvgIpc) is 2.68. The van der Waals surface area contributed by atoms with Crippen LogP contribution >= 0.6 is 0 Å². The van der Waals surface area contributed by atoms with Crippen LogP contribution in [0.1, 0.15) is 27.2 Å². The molecule has 3 aromatic rings. The molecule has 0 radical (unpaired) electrons. The molecular formula is C21H18N4O. The molecule has 0 aliphatic carbocycles. The number of nitrogens with one attached hydrogen (secondary N) is 2. The molecule has 1 amide bonds. The number of nitriles is 1. The number of benzene rings is 2. The van der Waals surface area contributed by atoms with Crippen molar-refractivity contribution in [3.05, 3.63) is 89.2 Å². The van der Waals surface area contributed by atoms with Crippen molar-refractivity contribution in [2.24, 2.45) is 0 Å². The lowest BCUT2D eigenvalue weighted by atomic mass is 10.1.